The lowest BCUT2D eigenvalue weighted by Gasteiger charge is -2.29. The second-order valence-electron chi connectivity index (χ2n) is 6.09. The van der Waals surface area contributed by atoms with Crippen molar-refractivity contribution in [3.8, 4) is 0 Å². The van der Waals surface area contributed by atoms with Gasteiger partial charge in [-0.25, -0.2) is 0 Å². The fourth-order valence-electron chi connectivity index (χ4n) is 2.77. The molecule has 0 saturated carbocycles. The number of nitrogens with zero attached hydrogens (tertiary/aromatic N) is 1. The highest BCUT2D eigenvalue weighted by Crippen LogP contribution is 2.16. The van der Waals surface area contributed by atoms with Crippen LogP contribution in [0.4, 0.5) is 5.69 Å². The molecular weight excluding hydrogens is 264 g/mol. The zero-order valence-electron chi connectivity index (χ0n) is 13.2. The Kier molecular flexibility index (Phi) is 6.49. The van der Waals surface area contributed by atoms with Crippen molar-refractivity contribution in [1.29, 1.82) is 0 Å². The van der Waals surface area contributed by atoms with Crippen molar-refractivity contribution in [1.82, 2.24) is 5.32 Å². The number of morpholine rings is 1. The number of aliphatic hydroxyl groups is 1. The summed E-state index contributed by atoms with van der Waals surface area (Å²) >= 11 is 0. The second kappa shape index (κ2) is 8.37. The molecular formula is C17H28N2O2. The van der Waals surface area contributed by atoms with Crippen LogP contribution in [0, 0.1) is 5.92 Å². The number of ether oxygens (including phenoxy) is 1. The number of rotatable bonds is 7. The molecule has 1 aliphatic rings. The van der Waals surface area contributed by atoms with E-state index in [1.165, 1.54) is 11.3 Å². The van der Waals surface area contributed by atoms with Gasteiger partial charge in [-0.3, -0.25) is 0 Å². The largest absolute Gasteiger partial charge is 0.393 e. The fourth-order valence-corrected chi connectivity index (χ4v) is 2.77. The molecule has 0 aliphatic carbocycles. The maximum Gasteiger partial charge on any atom is 0.0642 e. The van der Waals surface area contributed by atoms with Gasteiger partial charge in [0, 0.05) is 25.3 Å². The summed E-state index contributed by atoms with van der Waals surface area (Å²) in [6, 6.07) is 8.78. The maximum absolute atomic E-state index is 9.35. The van der Waals surface area contributed by atoms with Crippen LogP contribution in [-0.2, 0) is 11.3 Å². The zero-order chi connectivity index (χ0) is 15.1. The summed E-state index contributed by atoms with van der Waals surface area (Å²) in [5.74, 6) is 0.498. The van der Waals surface area contributed by atoms with Gasteiger partial charge in [-0.15, -0.1) is 0 Å². The highest BCUT2D eigenvalue weighted by Gasteiger charge is 2.10. The van der Waals surface area contributed by atoms with E-state index in [0.29, 0.717) is 5.92 Å². The molecule has 1 fully saturated rings. The lowest BCUT2D eigenvalue weighted by molar-refractivity contribution is 0.122. The van der Waals surface area contributed by atoms with E-state index in [9.17, 15) is 5.11 Å². The predicted molar refractivity (Wildman–Crippen MR) is 86.6 cm³/mol. The fraction of sp³-hybridized carbons (Fsp3) is 0.647. The van der Waals surface area contributed by atoms with Gasteiger partial charge >= 0.3 is 0 Å². The number of anilines is 1. The van der Waals surface area contributed by atoms with E-state index in [1.807, 2.05) is 6.92 Å². The minimum Gasteiger partial charge on any atom is -0.393 e. The Balaban J connectivity index is 1.74. The van der Waals surface area contributed by atoms with Crippen LogP contribution in [0.15, 0.2) is 24.3 Å². The van der Waals surface area contributed by atoms with Crippen molar-refractivity contribution >= 4 is 5.69 Å². The average molecular weight is 292 g/mol. The standard InChI is InChI=1S/C17H28N2O2/c1-14(11-15(2)20)12-18-13-16-3-5-17(6-4-16)19-7-9-21-10-8-19/h3-6,14-15,18,20H,7-13H2,1-2H3. The molecule has 1 heterocycles. The van der Waals surface area contributed by atoms with Crippen LogP contribution in [0.5, 0.6) is 0 Å². The number of hydrogen-bond acceptors (Lipinski definition) is 4. The molecule has 1 aromatic rings. The van der Waals surface area contributed by atoms with Crippen LogP contribution in [0.1, 0.15) is 25.8 Å². The lowest BCUT2D eigenvalue weighted by atomic mass is 10.0. The summed E-state index contributed by atoms with van der Waals surface area (Å²) in [4.78, 5) is 2.37. The Bertz CT molecular complexity index is 400. The average Bonchev–Trinajstić information content (AvgIpc) is 2.48. The Labute approximate surface area is 128 Å². The predicted octanol–water partition coefficient (Wildman–Crippen LogP) is 2.02. The highest BCUT2D eigenvalue weighted by atomic mass is 16.5. The highest BCUT2D eigenvalue weighted by molar-refractivity contribution is 5.47. The topological polar surface area (TPSA) is 44.7 Å². The second-order valence-corrected chi connectivity index (χ2v) is 6.09. The molecule has 21 heavy (non-hydrogen) atoms. The summed E-state index contributed by atoms with van der Waals surface area (Å²) in [5.41, 5.74) is 2.58. The smallest absolute Gasteiger partial charge is 0.0642 e. The molecule has 1 saturated heterocycles. The van der Waals surface area contributed by atoms with Crippen LogP contribution in [0.2, 0.25) is 0 Å². The summed E-state index contributed by atoms with van der Waals surface area (Å²) < 4.78 is 5.38. The molecule has 2 rings (SSSR count). The van der Waals surface area contributed by atoms with Gasteiger partial charge in [0.25, 0.3) is 0 Å². The third-order valence-corrected chi connectivity index (χ3v) is 3.88. The van der Waals surface area contributed by atoms with Crippen molar-refractivity contribution in [3.05, 3.63) is 29.8 Å². The van der Waals surface area contributed by atoms with E-state index >= 15 is 0 Å². The molecule has 4 heteroatoms. The van der Waals surface area contributed by atoms with Crippen molar-refractivity contribution in [2.24, 2.45) is 5.92 Å². The monoisotopic (exact) mass is 292 g/mol. The molecule has 0 bridgehead atoms. The summed E-state index contributed by atoms with van der Waals surface area (Å²) in [6.45, 7) is 9.45. The minimum absolute atomic E-state index is 0.213. The first-order chi connectivity index (χ1) is 10.1. The number of nitrogens with one attached hydrogen (secondary N) is 1. The van der Waals surface area contributed by atoms with Crippen LogP contribution in [-0.4, -0.2) is 44.1 Å². The Morgan fingerprint density at radius 3 is 2.48 bits per heavy atom. The first-order valence-corrected chi connectivity index (χ1v) is 7.95. The number of hydrogen-bond donors (Lipinski definition) is 2. The van der Waals surface area contributed by atoms with Crippen molar-refractivity contribution in [2.75, 3.05) is 37.7 Å². The van der Waals surface area contributed by atoms with E-state index < -0.39 is 0 Å². The minimum atomic E-state index is -0.213. The molecule has 2 N–H and O–H groups in total. The SMILES string of the molecule is CC(O)CC(C)CNCc1ccc(N2CCOCC2)cc1. The molecule has 0 aromatic heterocycles. The van der Waals surface area contributed by atoms with E-state index in [1.54, 1.807) is 0 Å². The molecule has 0 radical (unpaired) electrons. The van der Waals surface area contributed by atoms with Crippen molar-refractivity contribution in [2.45, 2.75) is 32.9 Å². The molecule has 4 nitrogen and oxygen atoms in total. The van der Waals surface area contributed by atoms with Gasteiger partial charge in [0.05, 0.1) is 19.3 Å². The van der Waals surface area contributed by atoms with Crippen molar-refractivity contribution in [3.63, 3.8) is 0 Å². The van der Waals surface area contributed by atoms with E-state index in [2.05, 4.69) is 41.4 Å². The maximum atomic E-state index is 9.35. The molecule has 0 spiro atoms. The quantitative estimate of drug-likeness (QED) is 0.807. The van der Waals surface area contributed by atoms with Gasteiger partial charge in [-0.05, 0) is 43.5 Å². The Morgan fingerprint density at radius 1 is 1.19 bits per heavy atom. The third-order valence-electron chi connectivity index (χ3n) is 3.88. The molecule has 2 unspecified atom stereocenters. The van der Waals surface area contributed by atoms with Gasteiger partial charge in [-0.1, -0.05) is 19.1 Å². The van der Waals surface area contributed by atoms with E-state index in [4.69, 9.17) is 4.74 Å². The van der Waals surface area contributed by atoms with Gasteiger partial charge in [0.1, 0.15) is 0 Å². The van der Waals surface area contributed by atoms with Crippen molar-refractivity contribution < 1.29 is 9.84 Å². The lowest BCUT2D eigenvalue weighted by Crippen LogP contribution is -2.36. The van der Waals surface area contributed by atoms with E-state index in [0.717, 1.165) is 45.8 Å². The normalized spacial score (nSPS) is 18.5. The summed E-state index contributed by atoms with van der Waals surface area (Å²) in [5, 5.41) is 12.8. The van der Waals surface area contributed by atoms with Gasteiger partial charge in [-0.2, -0.15) is 0 Å². The molecule has 1 aromatic carbocycles. The number of aliphatic hydroxyl groups excluding tert-OH is 1. The van der Waals surface area contributed by atoms with Gasteiger partial charge in [0.15, 0.2) is 0 Å². The first kappa shape index (κ1) is 16.3. The molecule has 118 valence electrons. The Hall–Kier alpha value is -1.10. The zero-order valence-corrected chi connectivity index (χ0v) is 13.2. The first-order valence-electron chi connectivity index (χ1n) is 7.95. The number of benzene rings is 1. The summed E-state index contributed by atoms with van der Waals surface area (Å²) in [6.07, 6.45) is 0.637. The van der Waals surface area contributed by atoms with Crippen LogP contribution in [0.25, 0.3) is 0 Å². The van der Waals surface area contributed by atoms with Gasteiger partial charge < -0.3 is 20.1 Å². The van der Waals surface area contributed by atoms with Crippen LogP contribution in [0.3, 0.4) is 0 Å². The summed E-state index contributed by atoms with van der Waals surface area (Å²) in [7, 11) is 0. The molecule has 2 atom stereocenters. The Morgan fingerprint density at radius 2 is 1.86 bits per heavy atom. The van der Waals surface area contributed by atoms with Crippen LogP contribution >= 0.6 is 0 Å². The van der Waals surface area contributed by atoms with Gasteiger partial charge in [0.2, 0.25) is 0 Å². The van der Waals surface area contributed by atoms with Crippen LogP contribution < -0.4 is 10.2 Å². The molecule has 1 aliphatic heterocycles. The third kappa shape index (κ3) is 5.65. The molecule has 0 amide bonds. The van der Waals surface area contributed by atoms with E-state index in [-0.39, 0.29) is 6.10 Å².